The zero-order chi connectivity index (χ0) is 18.9. The van der Waals surface area contributed by atoms with Crippen LogP contribution in [-0.2, 0) is 9.59 Å². The maximum Gasteiger partial charge on any atom is 0.224 e. The monoisotopic (exact) mass is 401 g/mol. The predicted molar refractivity (Wildman–Crippen MR) is 103 cm³/mol. The van der Waals surface area contributed by atoms with Gasteiger partial charge in [0.1, 0.15) is 10.8 Å². The van der Waals surface area contributed by atoms with Crippen molar-refractivity contribution in [1.29, 1.82) is 0 Å². The van der Waals surface area contributed by atoms with Gasteiger partial charge in [0.2, 0.25) is 11.8 Å². The molecule has 144 valence electrons. The molecule has 0 spiro atoms. The van der Waals surface area contributed by atoms with Gasteiger partial charge < -0.3 is 20.7 Å². The fourth-order valence-electron chi connectivity index (χ4n) is 2.92. The van der Waals surface area contributed by atoms with Gasteiger partial charge in [0.25, 0.3) is 0 Å². The fourth-order valence-corrected chi connectivity index (χ4v) is 3.26. The zero-order valence-corrected chi connectivity index (χ0v) is 16.2. The van der Waals surface area contributed by atoms with Gasteiger partial charge >= 0.3 is 0 Å². The number of likely N-dealkylation sites (tertiary alicyclic amines) is 1. The molecule has 1 aromatic carbocycles. The molecule has 0 unspecified atom stereocenters. The van der Waals surface area contributed by atoms with Gasteiger partial charge in [0.15, 0.2) is 0 Å². The smallest absolute Gasteiger partial charge is 0.224 e. The highest BCUT2D eigenvalue weighted by Gasteiger charge is 2.27. The second kappa shape index (κ2) is 10.6. The van der Waals surface area contributed by atoms with E-state index < -0.39 is 0 Å². The Labute approximate surface area is 163 Å². The fraction of sp³-hybridized carbons (Fsp3) is 0.556. The molecule has 2 amide bonds. The van der Waals surface area contributed by atoms with E-state index in [9.17, 15) is 9.59 Å². The first-order valence-corrected chi connectivity index (χ1v) is 9.61. The number of benzene rings is 1. The largest absolute Gasteiger partial charge is 0.492 e. The molecule has 1 aliphatic rings. The Morgan fingerprint density at radius 1 is 1.35 bits per heavy atom. The molecule has 0 aliphatic carbocycles. The third kappa shape index (κ3) is 6.04. The van der Waals surface area contributed by atoms with Crippen LogP contribution in [0.15, 0.2) is 18.2 Å². The van der Waals surface area contributed by atoms with Crippen molar-refractivity contribution in [1.82, 2.24) is 10.2 Å². The Bertz CT molecular complexity index is 628. The topological polar surface area (TPSA) is 84.7 Å². The van der Waals surface area contributed by atoms with Crippen LogP contribution in [0.1, 0.15) is 25.7 Å². The Kier molecular flexibility index (Phi) is 8.48. The highest BCUT2D eigenvalue weighted by Crippen LogP contribution is 2.31. The Morgan fingerprint density at radius 3 is 2.92 bits per heavy atom. The Balaban J connectivity index is 1.73. The highest BCUT2D eigenvalue weighted by molar-refractivity contribution is 6.42. The Hall–Kier alpha value is -1.50. The van der Waals surface area contributed by atoms with Crippen LogP contribution in [0.5, 0.6) is 5.75 Å². The molecule has 3 N–H and O–H groups in total. The zero-order valence-electron chi connectivity index (χ0n) is 14.7. The summed E-state index contributed by atoms with van der Waals surface area (Å²) in [6.45, 7) is 2.42. The lowest BCUT2D eigenvalue weighted by atomic mass is 9.96. The standard InChI is InChI=1S/C18H25Cl2N3O3/c19-14-5-1-6-15(17(14)20)26-11-3-7-16(24)23-10-2-4-13(12-23)18(25)22-9-8-21/h1,5-6,13H,2-4,7-12,21H2,(H,22,25)/t13-/m0/s1. The maximum atomic E-state index is 12.4. The van der Waals surface area contributed by atoms with Crippen molar-refractivity contribution in [3.05, 3.63) is 28.2 Å². The van der Waals surface area contributed by atoms with Crippen LogP contribution in [0.25, 0.3) is 0 Å². The van der Waals surface area contributed by atoms with E-state index in [0.29, 0.717) is 61.4 Å². The lowest BCUT2D eigenvalue weighted by molar-refractivity contribution is -0.135. The van der Waals surface area contributed by atoms with Gasteiger partial charge in [-0.15, -0.1) is 0 Å². The van der Waals surface area contributed by atoms with Gasteiger partial charge in [-0.3, -0.25) is 9.59 Å². The van der Waals surface area contributed by atoms with E-state index in [1.807, 2.05) is 0 Å². The third-order valence-corrected chi connectivity index (χ3v) is 5.10. The average molecular weight is 402 g/mol. The molecule has 1 fully saturated rings. The van der Waals surface area contributed by atoms with Gasteiger partial charge in [-0.25, -0.2) is 0 Å². The van der Waals surface area contributed by atoms with Crippen molar-refractivity contribution in [2.75, 3.05) is 32.8 Å². The van der Waals surface area contributed by atoms with Gasteiger partial charge in [-0.2, -0.15) is 0 Å². The number of ether oxygens (including phenoxy) is 1. The van der Waals surface area contributed by atoms with Crippen LogP contribution < -0.4 is 15.8 Å². The van der Waals surface area contributed by atoms with Crippen LogP contribution in [0.4, 0.5) is 0 Å². The SMILES string of the molecule is NCCNC(=O)[C@H]1CCCN(C(=O)CCCOc2cccc(Cl)c2Cl)C1. The summed E-state index contributed by atoms with van der Waals surface area (Å²) in [5, 5.41) is 3.61. The van der Waals surface area contributed by atoms with E-state index >= 15 is 0 Å². The van der Waals surface area contributed by atoms with E-state index in [0.717, 1.165) is 12.8 Å². The molecular weight excluding hydrogens is 377 g/mol. The van der Waals surface area contributed by atoms with Crippen molar-refractivity contribution in [3.63, 3.8) is 0 Å². The van der Waals surface area contributed by atoms with Crippen molar-refractivity contribution in [2.45, 2.75) is 25.7 Å². The molecule has 1 aromatic rings. The molecule has 26 heavy (non-hydrogen) atoms. The van der Waals surface area contributed by atoms with Gasteiger partial charge in [-0.05, 0) is 31.4 Å². The third-order valence-electron chi connectivity index (χ3n) is 4.30. The molecule has 8 heteroatoms. The van der Waals surface area contributed by atoms with Crippen LogP contribution in [0.3, 0.4) is 0 Å². The minimum atomic E-state index is -0.152. The molecule has 0 aromatic heterocycles. The first-order valence-electron chi connectivity index (χ1n) is 8.85. The molecule has 1 heterocycles. The van der Waals surface area contributed by atoms with E-state index in [2.05, 4.69) is 5.32 Å². The van der Waals surface area contributed by atoms with E-state index in [-0.39, 0.29) is 17.7 Å². The number of nitrogens with two attached hydrogens (primary N) is 1. The molecule has 1 atom stereocenters. The molecule has 6 nitrogen and oxygen atoms in total. The summed E-state index contributed by atoms with van der Waals surface area (Å²) < 4.78 is 5.60. The number of rotatable bonds is 8. The van der Waals surface area contributed by atoms with Crippen LogP contribution in [0.2, 0.25) is 10.0 Å². The number of hydrogen-bond acceptors (Lipinski definition) is 4. The van der Waals surface area contributed by atoms with Crippen LogP contribution in [-0.4, -0.2) is 49.5 Å². The van der Waals surface area contributed by atoms with Crippen molar-refractivity contribution in [2.24, 2.45) is 11.7 Å². The van der Waals surface area contributed by atoms with Crippen molar-refractivity contribution >= 4 is 35.0 Å². The quantitative estimate of drug-likeness (QED) is 0.655. The van der Waals surface area contributed by atoms with Gasteiger partial charge in [0, 0.05) is 32.6 Å². The summed E-state index contributed by atoms with van der Waals surface area (Å²) in [6, 6.07) is 5.19. The van der Waals surface area contributed by atoms with Crippen LogP contribution >= 0.6 is 23.2 Å². The van der Waals surface area contributed by atoms with E-state index in [1.54, 1.807) is 23.1 Å². The number of amides is 2. The molecule has 1 aliphatic heterocycles. The second-order valence-corrected chi connectivity index (χ2v) is 7.05. The number of carbonyl (C=O) groups excluding carboxylic acids is 2. The Morgan fingerprint density at radius 2 is 2.15 bits per heavy atom. The summed E-state index contributed by atoms with van der Waals surface area (Å²) in [5.74, 6) is 0.385. The van der Waals surface area contributed by atoms with E-state index in [1.165, 1.54) is 0 Å². The summed E-state index contributed by atoms with van der Waals surface area (Å²) in [7, 11) is 0. The maximum absolute atomic E-state index is 12.4. The number of hydrogen-bond donors (Lipinski definition) is 2. The molecule has 0 bridgehead atoms. The summed E-state index contributed by atoms with van der Waals surface area (Å²) in [5.41, 5.74) is 5.40. The number of carbonyl (C=O) groups is 2. The summed E-state index contributed by atoms with van der Waals surface area (Å²) in [4.78, 5) is 26.2. The minimum Gasteiger partial charge on any atom is -0.492 e. The number of piperidine rings is 1. The normalized spacial score (nSPS) is 17.0. The first kappa shape index (κ1) is 20.8. The van der Waals surface area contributed by atoms with Crippen molar-refractivity contribution in [3.8, 4) is 5.75 Å². The average Bonchev–Trinajstić information content (AvgIpc) is 2.66. The summed E-state index contributed by atoms with van der Waals surface area (Å²) >= 11 is 12.0. The van der Waals surface area contributed by atoms with Gasteiger partial charge in [0.05, 0.1) is 17.5 Å². The van der Waals surface area contributed by atoms with Crippen molar-refractivity contribution < 1.29 is 14.3 Å². The summed E-state index contributed by atoms with van der Waals surface area (Å²) in [6.07, 6.45) is 2.58. The molecule has 0 saturated carbocycles. The molecular formula is C18H25Cl2N3O3. The molecule has 1 saturated heterocycles. The van der Waals surface area contributed by atoms with Crippen LogP contribution in [0, 0.1) is 5.92 Å². The first-order chi connectivity index (χ1) is 12.5. The lowest BCUT2D eigenvalue weighted by Gasteiger charge is -2.32. The number of nitrogens with one attached hydrogen (secondary N) is 1. The minimum absolute atomic E-state index is 0.0214. The lowest BCUT2D eigenvalue weighted by Crippen LogP contribution is -2.46. The number of halogens is 2. The molecule has 2 rings (SSSR count). The molecule has 0 radical (unpaired) electrons. The van der Waals surface area contributed by atoms with E-state index in [4.69, 9.17) is 33.7 Å². The van der Waals surface area contributed by atoms with Gasteiger partial charge in [-0.1, -0.05) is 29.3 Å². The second-order valence-electron chi connectivity index (χ2n) is 6.26. The number of nitrogens with zero attached hydrogens (tertiary/aromatic N) is 1. The predicted octanol–water partition coefficient (Wildman–Crippen LogP) is 2.47. The highest BCUT2D eigenvalue weighted by atomic mass is 35.5.